The highest BCUT2D eigenvalue weighted by molar-refractivity contribution is 7.83. The molecule has 0 aromatic heterocycles. The quantitative estimate of drug-likeness (QED) is 0.486. The number of halogens is 3. The van der Waals surface area contributed by atoms with Gasteiger partial charge in [-0.15, -0.1) is 13.2 Å². The minimum absolute atomic E-state index is 0.0317. The second-order valence-electron chi connectivity index (χ2n) is 7.84. The molecular formula is C25H24F3NO3S. The van der Waals surface area contributed by atoms with E-state index in [2.05, 4.69) is 33.7 Å². The van der Waals surface area contributed by atoms with Crippen LogP contribution in [-0.2, 0) is 15.7 Å². The van der Waals surface area contributed by atoms with Crippen molar-refractivity contribution in [2.75, 3.05) is 6.61 Å². The van der Waals surface area contributed by atoms with Gasteiger partial charge in [-0.1, -0.05) is 60.7 Å². The van der Waals surface area contributed by atoms with Crippen LogP contribution in [0.2, 0.25) is 0 Å². The smallest absolute Gasteiger partial charge is 0.406 e. The molecule has 4 nitrogen and oxygen atoms in total. The molecule has 0 amide bonds. The largest absolute Gasteiger partial charge is 0.573 e. The van der Waals surface area contributed by atoms with Crippen LogP contribution >= 0.6 is 0 Å². The standard InChI is InChI=1S/C25H24F3NO3S/c26-25(27,28)32-21-11-13-22(14-12-21)33(30)29-20-15-16-31-23(17-20)24(18-7-3-1-4-8-18)19-9-5-2-6-10-19/h1-14,20,23-24,29H,15-17H2. The van der Waals surface area contributed by atoms with Gasteiger partial charge in [0.05, 0.1) is 11.0 Å². The third-order valence-electron chi connectivity index (χ3n) is 5.55. The van der Waals surface area contributed by atoms with Crippen molar-refractivity contribution in [1.82, 2.24) is 4.72 Å². The first-order valence-corrected chi connectivity index (χ1v) is 11.8. The van der Waals surface area contributed by atoms with Gasteiger partial charge in [0.25, 0.3) is 0 Å². The Hall–Kier alpha value is -2.68. The average molecular weight is 476 g/mol. The van der Waals surface area contributed by atoms with E-state index < -0.39 is 17.3 Å². The minimum atomic E-state index is -4.76. The number of alkyl halides is 3. The molecule has 174 valence electrons. The zero-order valence-electron chi connectivity index (χ0n) is 17.7. The molecule has 0 aliphatic carbocycles. The van der Waals surface area contributed by atoms with Crippen LogP contribution in [0.4, 0.5) is 13.2 Å². The summed E-state index contributed by atoms with van der Waals surface area (Å²) in [5.74, 6) is -0.313. The topological polar surface area (TPSA) is 47.6 Å². The third kappa shape index (κ3) is 6.43. The van der Waals surface area contributed by atoms with Gasteiger partial charge in [-0.05, 0) is 48.2 Å². The molecule has 3 aromatic carbocycles. The molecule has 1 aliphatic rings. The van der Waals surface area contributed by atoms with E-state index in [9.17, 15) is 17.4 Å². The summed E-state index contributed by atoms with van der Waals surface area (Å²) in [5, 5.41) is 0. The van der Waals surface area contributed by atoms with Crippen LogP contribution in [0, 0.1) is 0 Å². The van der Waals surface area contributed by atoms with Crippen LogP contribution in [0.25, 0.3) is 0 Å². The van der Waals surface area contributed by atoms with Crippen molar-refractivity contribution in [2.45, 2.75) is 42.2 Å². The summed E-state index contributed by atoms with van der Waals surface area (Å²) in [7, 11) is -1.57. The maximum Gasteiger partial charge on any atom is 0.573 e. The van der Waals surface area contributed by atoms with E-state index in [1.165, 1.54) is 12.1 Å². The fourth-order valence-electron chi connectivity index (χ4n) is 4.09. The molecule has 8 heteroatoms. The second kappa shape index (κ2) is 10.5. The molecule has 4 rings (SSSR count). The first kappa shape index (κ1) is 23.5. The predicted molar refractivity (Wildman–Crippen MR) is 120 cm³/mol. The van der Waals surface area contributed by atoms with E-state index in [-0.39, 0.29) is 23.8 Å². The third-order valence-corrected chi connectivity index (χ3v) is 6.80. The maximum atomic E-state index is 12.8. The van der Waals surface area contributed by atoms with Crippen LogP contribution in [0.15, 0.2) is 89.8 Å². The average Bonchev–Trinajstić information content (AvgIpc) is 2.80. The van der Waals surface area contributed by atoms with Crippen molar-refractivity contribution < 1.29 is 26.9 Å². The predicted octanol–water partition coefficient (Wildman–Crippen LogP) is 5.58. The van der Waals surface area contributed by atoms with Gasteiger partial charge in [0.1, 0.15) is 16.7 Å². The SMILES string of the molecule is O=S(NC1CCOC(C(c2ccccc2)c2ccccc2)C1)c1ccc(OC(F)(F)F)cc1. The second-order valence-corrected chi connectivity index (χ2v) is 9.08. The first-order valence-electron chi connectivity index (χ1n) is 10.6. The lowest BCUT2D eigenvalue weighted by Crippen LogP contribution is -2.42. The maximum absolute atomic E-state index is 12.8. The molecule has 0 bridgehead atoms. The highest BCUT2D eigenvalue weighted by Crippen LogP contribution is 2.34. The van der Waals surface area contributed by atoms with Crippen molar-refractivity contribution in [2.24, 2.45) is 0 Å². The molecule has 3 atom stereocenters. The minimum Gasteiger partial charge on any atom is -0.406 e. The van der Waals surface area contributed by atoms with Gasteiger partial charge in [0, 0.05) is 18.6 Å². The summed E-state index contributed by atoms with van der Waals surface area (Å²) in [5.41, 5.74) is 2.30. The highest BCUT2D eigenvalue weighted by atomic mass is 32.2. The van der Waals surface area contributed by atoms with E-state index in [0.717, 1.165) is 23.3 Å². The number of rotatable bonds is 7. The van der Waals surface area contributed by atoms with Gasteiger partial charge in [-0.25, -0.2) is 8.93 Å². The van der Waals surface area contributed by atoms with Gasteiger partial charge in [-0.3, -0.25) is 0 Å². The Morgan fingerprint density at radius 3 is 2.03 bits per heavy atom. The van der Waals surface area contributed by atoms with Gasteiger partial charge in [0.2, 0.25) is 0 Å². The Morgan fingerprint density at radius 2 is 1.48 bits per heavy atom. The summed E-state index contributed by atoms with van der Waals surface area (Å²) in [6, 6.07) is 25.3. The molecule has 0 saturated carbocycles. The van der Waals surface area contributed by atoms with Gasteiger partial charge in [0.15, 0.2) is 0 Å². The lowest BCUT2D eigenvalue weighted by molar-refractivity contribution is -0.274. The molecule has 1 heterocycles. The van der Waals surface area contributed by atoms with E-state index in [1.807, 2.05) is 36.4 Å². The summed E-state index contributed by atoms with van der Waals surface area (Å²) in [6.07, 6.45) is -3.53. The molecule has 0 spiro atoms. The molecule has 0 radical (unpaired) electrons. The Kier molecular flexibility index (Phi) is 7.47. The van der Waals surface area contributed by atoms with Crippen LogP contribution in [0.3, 0.4) is 0 Å². The van der Waals surface area contributed by atoms with Crippen LogP contribution in [0.1, 0.15) is 29.9 Å². The molecule has 33 heavy (non-hydrogen) atoms. The fourth-order valence-corrected chi connectivity index (χ4v) is 5.13. The first-order chi connectivity index (χ1) is 15.9. The van der Waals surface area contributed by atoms with Crippen molar-refractivity contribution in [3.05, 3.63) is 96.1 Å². The summed E-state index contributed by atoms with van der Waals surface area (Å²) in [4.78, 5) is 0.384. The van der Waals surface area contributed by atoms with E-state index >= 15 is 0 Å². The molecular weight excluding hydrogens is 451 g/mol. The van der Waals surface area contributed by atoms with Crippen molar-refractivity contribution in [1.29, 1.82) is 0 Å². The summed E-state index contributed by atoms with van der Waals surface area (Å²) >= 11 is 0. The molecule has 1 fully saturated rings. The number of hydrogen-bond acceptors (Lipinski definition) is 3. The van der Waals surface area contributed by atoms with E-state index in [0.29, 0.717) is 24.3 Å². The van der Waals surface area contributed by atoms with Gasteiger partial charge >= 0.3 is 6.36 Å². The summed E-state index contributed by atoms with van der Waals surface area (Å²) in [6.45, 7) is 0.522. The van der Waals surface area contributed by atoms with Gasteiger partial charge < -0.3 is 9.47 Å². The Labute approximate surface area is 193 Å². The highest BCUT2D eigenvalue weighted by Gasteiger charge is 2.33. The Bertz CT molecular complexity index is 1010. The number of nitrogens with one attached hydrogen (secondary N) is 1. The van der Waals surface area contributed by atoms with E-state index in [4.69, 9.17) is 4.74 Å². The normalized spacial score (nSPS) is 19.9. The molecule has 1 N–H and O–H groups in total. The zero-order valence-corrected chi connectivity index (χ0v) is 18.5. The fraction of sp³-hybridized carbons (Fsp3) is 0.280. The van der Waals surface area contributed by atoms with E-state index in [1.54, 1.807) is 0 Å². The Morgan fingerprint density at radius 1 is 0.909 bits per heavy atom. The van der Waals surface area contributed by atoms with Crippen molar-refractivity contribution >= 4 is 11.0 Å². The van der Waals surface area contributed by atoms with Crippen molar-refractivity contribution in [3.8, 4) is 5.75 Å². The summed E-state index contributed by atoms with van der Waals surface area (Å²) < 4.78 is 63.0. The lowest BCUT2D eigenvalue weighted by atomic mass is 9.83. The van der Waals surface area contributed by atoms with Gasteiger partial charge in [-0.2, -0.15) is 0 Å². The number of ether oxygens (including phenoxy) is 2. The number of hydrogen-bond donors (Lipinski definition) is 1. The van der Waals surface area contributed by atoms with Crippen molar-refractivity contribution in [3.63, 3.8) is 0 Å². The molecule has 1 aliphatic heterocycles. The van der Waals surface area contributed by atoms with Crippen LogP contribution in [-0.4, -0.2) is 29.3 Å². The monoisotopic (exact) mass is 475 g/mol. The lowest BCUT2D eigenvalue weighted by Gasteiger charge is -2.35. The zero-order chi connectivity index (χ0) is 23.3. The molecule has 1 saturated heterocycles. The molecule has 3 aromatic rings. The number of benzene rings is 3. The van der Waals surface area contributed by atoms with Crippen LogP contribution in [0.5, 0.6) is 5.75 Å². The molecule has 3 unspecified atom stereocenters. The Balaban J connectivity index is 1.45. The van der Waals surface area contributed by atoms with Crippen LogP contribution < -0.4 is 9.46 Å².